The number of benzene rings is 1. The fraction of sp³-hybridized carbons (Fsp3) is 0.429. The summed E-state index contributed by atoms with van der Waals surface area (Å²) in [7, 11) is 1.68. The molecular weight excluding hydrogens is 288 g/mol. The minimum absolute atomic E-state index is 0.238. The molecule has 0 radical (unpaired) electrons. The number of rotatable bonds is 8. The summed E-state index contributed by atoms with van der Waals surface area (Å²) in [5.74, 6) is 0.238. The van der Waals surface area contributed by atoms with Gasteiger partial charge in [0.25, 0.3) is 0 Å². The van der Waals surface area contributed by atoms with Crippen molar-refractivity contribution in [2.75, 3.05) is 26.8 Å². The molecule has 0 bridgehead atoms. The molecule has 0 spiro atoms. The highest BCUT2D eigenvalue weighted by atomic mass is 32.1. The van der Waals surface area contributed by atoms with Crippen molar-refractivity contribution in [1.29, 1.82) is 0 Å². The molecule has 1 aromatic carbocycles. The Bertz CT molecular complexity index is 566. The first-order valence-electron chi connectivity index (χ1n) is 6.75. The number of para-hydroxylation sites is 1. The summed E-state index contributed by atoms with van der Waals surface area (Å²) in [6, 6.07) is 8.11. The van der Waals surface area contributed by atoms with Crippen LogP contribution in [0.4, 0.5) is 0 Å². The molecule has 0 aliphatic heterocycles. The molecule has 1 aromatic heterocycles. The lowest BCUT2D eigenvalue weighted by atomic mass is 10.3. The summed E-state index contributed by atoms with van der Waals surface area (Å²) in [4.78, 5) is 6.83. The van der Waals surface area contributed by atoms with Crippen molar-refractivity contribution < 1.29 is 9.94 Å². The second kappa shape index (κ2) is 7.92. The lowest BCUT2D eigenvalue weighted by Gasteiger charge is -2.20. The van der Waals surface area contributed by atoms with Crippen molar-refractivity contribution in [3.05, 3.63) is 29.3 Å². The topological polar surface area (TPSA) is 84.0 Å². The Morgan fingerprint density at radius 1 is 1.43 bits per heavy atom. The van der Waals surface area contributed by atoms with Gasteiger partial charge in [0.15, 0.2) is 0 Å². The van der Waals surface area contributed by atoms with Crippen LogP contribution in [0.5, 0.6) is 0 Å². The molecule has 3 N–H and O–H groups in total. The molecule has 2 aromatic rings. The minimum Gasteiger partial charge on any atom is -0.409 e. The molecule has 0 amide bonds. The molecule has 6 nitrogen and oxygen atoms in total. The fourth-order valence-corrected chi connectivity index (χ4v) is 3.00. The summed E-state index contributed by atoms with van der Waals surface area (Å²) >= 11 is 1.69. The molecule has 21 heavy (non-hydrogen) atoms. The third-order valence-corrected chi connectivity index (χ3v) is 4.14. The zero-order valence-corrected chi connectivity index (χ0v) is 12.8. The highest BCUT2D eigenvalue weighted by molar-refractivity contribution is 7.18. The van der Waals surface area contributed by atoms with Gasteiger partial charge < -0.3 is 15.7 Å². The standard InChI is InChI=1S/C14H20N4O2S/c1-20-9-8-18(7-6-13(15)17-19)10-14-16-11-4-2-3-5-12(11)21-14/h2-5,19H,6-10H2,1H3,(H2,15,17). The third kappa shape index (κ3) is 4.66. The van der Waals surface area contributed by atoms with Crippen LogP contribution in [-0.2, 0) is 11.3 Å². The molecule has 7 heteroatoms. The molecule has 0 aliphatic rings. The van der Waals surface area contributed by atoms with E-state index >= 15 is 0 Å². The molecule has 0 saturated heterocycles. The number of fused-ring (bicyclic) bond motifs is 1. The Kier molecular flexibility index (Phi) is 5.91. The first-order chi connectivity index (χ1) is 10.2. The Balaban J connectivity index is 2.02. The van der Waals surface area contributed by atoms with Crippen molar-refractivity contribution in [3.63, 3.8) is 0 Å². The molecule has 1 heterocycles. The molecule has 0 saturated carbocycles. The van der Waals surface area contributed by atoms with Crippen LogP contribution in [0.3, 0.4) is 0 Å². The van der Waals surface area contributed by atoms with Crippen LogP contribution >= 0.6 is 11.3 Å². The maximum absolute atomic E-state index is 8.62. The first kappa shape index (κ1) is 15.7. The van der Waals surface area contributed by atoms with Crippen LogP contribution in [0.25, 0.3) is 10.2 Å². The number of oxime groups is 1. The Hall–Kier alpha value is -1.70. The zero-order chi connectivity index (χ0) is 15.1. The molecule has 0 fully saturated rings. The number of amidine groups is 1. The van der Waals surface area contributed by atoms with Gasteiger partial charge >= 0.3 is 0 Å². The van der Waals surface area contributed by atoms with Gasteiger partial charge in [0.05, 0.1) is 23.4 Å². The number of thiazole rings is 1. The quantitative estimate of drug-likeness (QED) is 0.337. The van der Waals surface area contributed by atoms with E-state index in [1.54, 1.807) is 18.4 Å². The second-order valence-corrected chi connectivity index (χ2v) is 5.80. The summed E-state index contributed by atoms with van der Waals surface area (Å²) in [5, 5.41) is 12.7. The van der Waals surface area contributed by atoms with Gasteiger partial charge in [-0.05, 0) is 12.1 Å². The van der Waals surface area contributed by atoms with E-state index < -0.39 is 0 Å². The summed E-state index contributed by atoms with van der Waals surface area (Å²) < 4.78 is 6.32. The van der Waals surface area contributed by atoms with Crippen LogP contribution in [-0.4, -0.2) is 47.7 Å². The molecule has 114 valence electrons. The first-order valence-corrected chi connectivity index (χ1v) is 7.56. The SMILES string of the molecule is COCCN(CC/C(N)=N/O)Cc1nc2ccccc2s1. The number of methoxy groups -OCH3 is 1. The van der Waals surface area contributed by atoms with Gasteiger partial charge in [-0.15, -0.1) is 11.3 Å². The second-order valence-electron chi connectivity index (χ2n) is 4.69. The predicted molar refractivity (Wildman–Crippen MR) is 84.8 cm³/mol. The van der Waals surface area contributed by atoms with Gasteiger partial charge in [0.2, 0.25) is 0 Å². The van der Waals surface area contributed by atoms with Gasteiger partial charge in [0.1, 0.15) is 10.8 Å². The van der Waals surface area contributed by atoms with E-state index in [-0.39, 0.29) is 5.84 Å². The van der Waals surface area contributed by atoms with Crippen molar-refractivity contribution in [1.82, 2.24) is 9.88 Å². The fourth-order valence-electron chi connectivity index (χ4n) is 1.99. The summed E-state index contributed by atoms with van der Waals surface area (Å²) in [5.41, 5.74) is 6.56. The normalized spacial score (nSPS) is 12.4. The van der Waals surface area contributed by atoms with E-state index in [4.69, 9.17) is 15.7 Å². The predicted octanol–water partition coefficient (Wildman–Crippen LogP) is 1.88. The maximum atomic E-state index is 8.62. The lowest BCUT2D eigenvalue weighted by molar-refractivity contribution is 0.145. The van der Waals surface area contributed by atoms with Crippen molar-refractivity contribution in [2.24, 2.45) is 10.9 Å². The van der Waals surface area contributed by atoms with Gasteiger partial charge in [-0.25, -0.2) is 4.98 Å². The number of ether oxygens (including phenoxy) is 1. The Labute approximate surface area is 127 Å². The smallest absolute Gasteiger partial charge is 0.140 e. The van der Waals surface area contributed by atoms with E-state index in [1.165, 1.54) is 4.70 Å². The van der Waals surface area contributed by atoms with Gasteiger partial charge in [0, 0.05) is 26.6 Å². The van der Waals surface area contributed by atoms with Crippen LogP contribution < -0.4 is 5.73 Å². The largest absolute Gasteiger partial charge is 0.409 e. The third-order valence-electron chi connectivity index (χ3n) is 3.12. The summed E-state index contributed by atoms with van der Waals surface area (Å²) in [6.45, 7) is 2.86. The number of hydrogen-bond acceptors (Lipinski definition) is 6. The number of hydrogen-bond donors (Lipinski definition) is 2. The molecule has 0 aliphatic carbocycles. The Morgan fingerprint density at radius 3 is 2.95 bits per heavy atom. The number of aromatic nitrogens is 1. The van der Waals surface area contributed by atoms with Crippen LogP contribution in [0.2, 0.25) is 0 Å². The molecule has 0 atom stereocenters. The Morgan fingerprint density at radius 2 is 2.24 bits per heavy atom. The highest BCUT2D eigenvalue weighted by Gasteiger charge is 2.10. The zero-order valence-electron chi connectivity index (χ0n) is 12.0. The van der Waals surface area contributed by atoms with Crippen LogP contribution in [0.1, 0.15) is 11.4 Å². The van der Waals surface area contributed by atoms with E-state index in [9.17, 15) is 0 Å². The highest BCUT2D eigenvalue weighted by Crippen LogP contribution is 2.22. The molecular formula is C14H20N4O2S. The van der Waals surface area contributed by atoms with E-state index in [1.807, 2.05) is 18.2 Å². The van der Waals surface area contributed by atoms with Crippen LogP contribution in [0.15, 0.2) is 29.4 Å². The van der Waals surface area contributed by atoms with Crippen LogP contribution in [0, 0.1) is 0 Å². The minimum atomic E-state index is 0.238. The van der Waals surface area contributed by atoms with Crippen molar-refractivity contribution in [3.8, 4) is 0 Å². The lowest BCUT2D eigenvalue weighted by Crippen LogP contribution is -2.30. The molecule has 0 unspecified atom stereocenters. The van der Waals surface area contributed by atoms with Crippen molar-refractivity contribution in [2.45, 2.75) is 13.0 Å². The van der Waals surface area contributed by atoms with Crippen molar-refractivity contribution >= 4 is 27.4 Å². The monoisotopic (exact) mass is 308 g/mol. The summed E-state index contributed by atoms with van der Waals surface area (Å²) in [6.07, 6.45) is 0.519. The van der Waals surface area contributed by atoms with E-state index in [0.717, 1.165) is 23.6 Å². The molecule has 2 rings (SSSR count). The number of nitrogens with zero attached hydrogens (tertiary/aromatic N) is 3. The average molecular weight is 308 g/mol. The maximum Gasteiger partial charge on any atom is 0.140 e. The average Bonchev–Trinajstić information content (AvgIpc) is 2.91. The van der Waals surface area contributed by atoms with Gasteiger partial charge in [-0.3, -0.25) is 4.90 Å². The number of nitrogens with two attached hydrogens (primary N) is 1. The van der Waals surface area contributed by atoms with Gasteiger partial charge in [-0.1, -0.05) is 17.3 Å². The van der Waals surface area contributed by atoms with Gasteiger partial charge in [-0.2, -0.15) is 0 Å². The van der Waals surface area contributed by atoms with E-state index in [2.05, 4.69) is 21.1 Å². The van der Waals surface area contributed by atoms with E-state index in [0.29, 0.717) is 19.6 Å².